The first-order valence-corrected chi connectivity index (χ1v) is 8.52. The van der Waals surface area contributed by atoms with Crippen LogP contribution in [0.3, 0.4) is 0 Å². The molecular weight excluding hydrogens is 331 g/mol. The third-order valence-electron chi connectivity index (χ3n) is 3.00. The van der Waals surface area contributed by atoms with Crippen molar-refractivity contribution in [3.05, 3.63) is 45.2 Å². The van der Waals surface area contributed by atoms with E-state index in [1.54, 1.807) is 0 Å². The van der Waals surface area contributed by atoms with E-state index in [1.807, 2.05) is 6.07 Å². The molecule has 1 saturated heterocycles. The lowest BCUT2D eigenvalue weighted by atomic mass is 10.0. The standard InChI is InChI=1S/C15H12F3NOS2/c16-15(17,18)11-5-3-4-10(8-11)13(20)12(9-19)14-21-6-1-2-7-22-14/h3-5,8H,1-2,6-7H2. The Morgan fingerprint density at radius 3 is 2.36 bits per heavy atom. The highest BCUT2D eigenvalue weighted by atomic mass is 32.2. The van der Waals surface area contributed by atoms with Crippen molar-refractivity contribution in [2.24, 2.45) is 0 Å². The second-order valence-corrected chi connectivity index (χ2v) is 7.05. The highest BCUT2D eigenvalue weighted by Gasteiger charge is 2.31. The van der Waals surface area contributed by atoms with Gasteiger partial charge in [-0.15, -0.1) is 23.5 Å². The van der Waals surface area contributed by atoms with Crippen LogP contribution in [0.2, 0.25) is 0 Å². The summed E-state index contributed by atoms with van der Waals surface area (Å²) in [5, 5.41) is 9.25. The first-order chi connectivity index (χ1) is 10.4. The molecule has 0 atom stereocenters. The Hall–Kier alpha value is -1.39. The van der Waals surface area contributed by atoms with E-state index in [-0.39, 0.29) is 11.1 Å². The van der Waals surface area contributed by atoms with Gasteiger partial charge in [0.2, 0.25) is 5.78 Å². The average Bonchev–Trinajstić information content (AvgIpc) is 2.76. The van der Waals surface area contributed by atoms with Crippen LogP contribution >= 0.6 is 23.5 Å². The fraction of sp³-hybridized carbons (Fsp3) is 0.333. The largest absolute Gasteiger partial charge is 0.416 e. The van der Waals surface area contributed by atoms with Crippen molar-refractivity contribution in [3.63, 3.8) is 0 Å². The van der Waals surface area contributed by atoms with Gasteiger partial charge in [0.15, 0.2) is 0 Å². The quantitative estimate of drug-likeness (QED) is 0.436. The van der Waals surface area contributed by atoms with Gasteiger partial charge in [-0.25, -0.2) is 0 Å². The highest BCUT2D eigenvalue weighted by molar-refractivity contribution is 8.22. The summed E-state index contributed by atoms with van der Waals surface area (Å²) in [6.07, 6.45) is -2.52. The molecule has 0 unspecified atom stereocenters. The molecule has 0 amide bonds. The molecule has 2 rings (SSSR count). The normalized spacial score (nSPS) is 15.8. The minimum absolute atomic E-state index is 0.0591. The molecule has 1 fully saturated rings. The predicted molar refractivity (Wildman–Crippen MR) is 82.6 cm³/mol. The summed E-state index contributed by atoms with van der Waals surface area (Å²) in [5.41, 5.74) is -1.05. The summed E-state index contributed by atoms with van der Waals surface area (Å²) in [6.45, 7) is 0. The monoisotopic (exact) mass is 343 g/mol. The Morgan fingerprint density at radius 2 is 1.82 bits per heavy atom. The molecule has 116 valence electrons. The number of carbonyl (C=O) groups excluding carboxylic acids is 1. The summed E-state index contributed by atoms with van der Waals surface area (Å²) >= 11 is 2.85. The highest BCUT2D eigenvalue weighted by Crippen LogP contribution is 2.37. The van der Waals surface area contributed by atoms with Crippen molar-refractivity contribution in [1.29, 1.82) is 5.26 Å². The molecule has 0 N–H and O–H groups in total. The first kappa shape index (κ1) is 17.0. The molecule has 0 aliphatic carbocycles. The summed E-state index contributed by atoms with van der Waals surface area (Å²) in [6, 6.07) is 6.06. The number of Topliss-reactive ketones (excluding diaryl/α,β-unsaturated/α-hetero) is 1. The molecule has 0 aromatic heterocycles. The Balaban J connectivity index is 2.37. The molecule has 1 aliphatic heterocycles. The van der Waals surface area contributed by atoms with Gasteiger partial charge in [-0.2, -0.15) is 18.4 Å². The van der Waals surface area contributed by atoms with Gasteiger partial charge in [-0.05, 0) is 36.5 Å². The van der Waals surface area contributed by atoms with Crippen LogP contribution < -0.4 is 0 Å². The maximum Gasteiger partial charge on any atom is 0.416 e. The van der Waals surface area contributed by atoms with Gasteiger partial charge < -0.3 is 0 Å². The summed E-state index contributed by atoms with van der Waals surface area (Å²) in [4.78, 5) is 12.4. The lowest BCUT2D eigenvalue weighted by molar-refractivity contribution is -0.137. The molecule has 0 spiro atoms. The smallest absolute Gasteiger partial charge is 0.288 e. The molecule has 1 aromatic carbocycles. The van der Waals surface area contributed by atoms with Crippen LogP contribution in [0.15, 0.2) is 34.1 Å². The van der Waals surface area contributed by atoms with Crippen molar-refractivity contribution in [2.75, 3.05) is 11.5 Å². The van der Waals surface area contributed by atoms with E-state index < -0.39 is 17.5 Å². The SMILES string of the molecule is N#CC(C(=O)c1cccc(C(F)(F)F)c1)=C1SCCCCS1. The number of allylic oxidation sites excluding steroid dienone is 1. The fourth-order valence-electron chi connectivity index (χ4n) is 1.89. The first-order valence-electron chi connectivity index (χ1n) is 6.55. The minimum Gasteiger partial charge on any atom is -0.288 e. The zero-order valence-electron chi connectivity index (χ0n) is 11.4. The van der Waals surface area contributed by atoms with Gasteiger partial charge >= 0.3 is 6.18 Å². The maximum atomic E-state index is 12.7. The molecular formula is C15H12F3NOS2. The van der Waals surface area contributed by atoms with Crippen LogP contribution in [0.25, 0.3) is 0 Å². The van der Waals surface area contributed by atoms with Crippen LogP contribution in [0, 0.1) is 11.3 Å². The Kier molecular flexibility index (Phi) is 5.59. The predicted octanol–water partition coefficient (Wildman–Crippen LogP) is 4.88. The van der Waals surface area contributed by atoms with Crippen LogP contribution in [0.1, 0.15) is 28.8 Å². The average molecular weight is 343 g/mol. The topological polar surface area (TPSA) is 40.9 Å². The number of carbonyl (C=O) groups is 1. The lowest BCUT2D eigenvalue weighted by Gasteiger charge is -2.09. The van der Waals surface area contributed by atoms with Crippen molar-refractivity contribution in [3.8, 4) is 6.07 Å². The number of alkyl halides is 3. The molecule has 7 heteroatoms. The number of nitriles is 1. The Labute approximate surface area is 134 Å². The van der Waals surface area contributed by atoms with E-state index >= 15 is 0 Å². The Bertz CT molecular complexity index is 637. The molecule has 0 radical (unpaired) electrons. The number of thioether (sulfide) groups is 2. The second-order valence-electron chi connectivity index (χ2n) is 4.59. The van der Waals surface area contributed by atoms with Crippen molar-refractivity contribution in [1.82, 2.24) is 0 Å². The van der Waals surface area contributed by atoms with Gasteiger partial charge in [0.05, 0.1) is 9.80 Å². The number of rotatable bonds is 2. The number of nitrogens with zero attached hydrogens (tertiary/aromatic N) is 1. The van der Waals surface area contributed by atoms with Gasteiger partial charge in [-0.3, -0.25) is 4.79 Å². The van der Waals surface area contributed by atoms with E-state index in [0.717, 1.165) is 36.5 Å². The van der Waals surface area contributed by atoms with E-state index in [2.05, 4.69) is 0 Å². The van der Waals surface area contributed by atoms with Crippen LogP contribution in [0.5, 0.6) is 0 Å². The molecule has 0 saturated carbocycles. The number of benzene rings is 1. The van der Waals surface area contributed by atoms with Crippen molar-refractivity contribution < 1.29 is 18.0 Å². The van der Waals surface area contributed by atoms with Crippen LogP contribution in [-0.4, -0.2) is 17.3 Å². The Morgan fingerprint density at radius 1 is 1.18 bits per heavy atom. The number of halogens is 3. The summed E-state index contributed by atoms with van der Waals surface area (Å²) < 4.78 is 38.8. The van der Waals surface area contributed by atoms with Gasteiger partial charge in [0, 0.05) is 5.56 Å². The van der Waals surface area contributed by atoms with E-state index in [1.165, 1.54) is 35.7 Å². The molecule has 0 bridgehead atoms. The molecule has 1 aliphatic rings. The van der Waals surface area contributed by atoms with Crippen LogP contribution in [0.4, 0.5) is 13.2 Å². The molecule has 22 heavy (non-hydrogen) atoms. The zero-order valence-corrected chi connectivity index (χ0v) is 13.1. The lowest BCUT2D eigenvalue weighted by Crippen LogP contribution is -2.09. The van der Waals surface area contributed by atoms with Crippen molar-refractivity contribution in [2.45, 2.75) is 19.0 Å². The van der Waals surface area contributed by atoms with Crippen molar-refractivity contribution >= 4 is 29.3 Å². The van der Waals surface area contributed by atoms with Gasteiger partial charge in [0.1, 0.15) is 11.6 Å². The summed E-state index contributed by atoms with van der Waals surface area (Å²) in [7, 11) is 0. The maximum absolute atomic E-state index is 12.7. The number of hydrogen-bond acceptors (Lipinski definition) is 4. The third kappa shape index (κ3) is 4.08. The summed E-state index contributed by atoms with van der Waals surface area (Å²) in [5.74, 6) is 0.970. The number of hydrogen-bond donors (Lipinski definition) is 0. The minimum atomic E-state index is -4.51. The fourth-order valence-corrected chi connectivity index (χ4v) is 4.36. The zero-order chi connectivity index (χ0) is 16.2. The van der Waals surface area contributed by atoms with Gasteiger partial charge in [0.25, 0.3) is 0 Å². The second kappa shape index (κ2) is 7.25. The molecule has 2 nitrogen and oxygen atoms in total. The van der Waals surface area contributed by atoms with E-state index in [4.69, 9.17) is 0 Å². The van der Waals surface area contributed by atoms with Gasteiger partial charge in [-0.1, -0.05) is 12.1 Å². The van der Waals surface area contributed by atoms with E-state index in [0.29, 0.717) is 4.24 Å². The van der Waals surface area contributed by atoms with E-state index in [9.17, 15) is 23.2 Å². The number of ketones is 1. The molecule has 1 aromatic rings. The molecule has 1 heterocycles. The third-order valence-corrected chi connectivity index (χ3v) is 5.63. The van der Waals surface area contributed by atoms with Crippen LogP contribution in [-0.2, 0) is 6.18 Å².